The van der Waals surface area contributed by atoms with E-state index in [4.69, 9.17) is 14.5 Å². The number of thiazole rings is 1. The highest BCUT2D eigenvalue weighted by Crippen LogP contribution is 2.41. The predicted octanol–water partition coefficient (Wildman–Crippen LogP) is 7.75. The van der Waals surface area contributed by atoms with E-state index < -0.39 is 47.9 Å². The first-order valence-corrected chi connectivity index (χ1v) is 23.9. The number of benzene rings is 2. The van der Waals surface area contributed by atoms with Crippen molar-refractivity contribution in [1.29, 1.82) is 0 Å². The molecule has 7 rings (SSSR count). The van der Waals surface area contributed by atoms with Crippen LogP contribution in [-0.2, 0) is 32.1 Å². The maximum Gasteiger partial charge on any atom is 0.251 e. The molecule has 66 heavy (non-hydrogen) atoms. The lowest BCUT2D eigenvalue weighted by Crippen LogP contribution is -2.58. The summed E-state index contributed by atoms with van der Waals surface area (Å²) in [5.41, 5.74) is 7.80. The molecular formula is C50H63F2N7O6S. The van der Waals surface area contributed by atoms with Crippen LogP contribution in [0.5, 0.6) is 5.75 Å². The lowest BCUT2D eigenvalue weighted by molar-refractivity contribution is -0.144. The fourth-order valence-electron chi connectivity index (χ4n) is 9.08. The van der Waals surface area contributed by atoms with Crippen molar-refractivity contribution in [3.05, 3.63) is 101 Å². The average molecular weight is 928 g/mol. The molecule has 1 unspecified atom stereocenters. The number of nitrogens with one attached hydrogen (secondary N) is 3. The molecule has 13 nitrogen and oxygen atoms in total. The van der Waals surface area contributed by atoms with Gasteiger partial charge in [0, 0.05) is 48.8 Å². The maximum absolute atomic E-state index is 14.0. The molecule has 0 aliphatic carbocycles. The SMILES string of the molecule is Cc1ncsc1-c1ccc(CNC(=O)[C@@H]2C[C@@H](O)CN2C(=O)C(NC(=O)COCCCCCCCOc2ccc([C@@H]3c4[nH]c5ccccc5c4C[C@@H](C)N3CC(F)F)nc2)C(C)(C)C)cc1. The number of aliphatic hydroxyl groups excluding tert-OH is 1. The van der Waals surface area contributed by atoms with E-state index >= 15 is 0 Å². The Morgan fingerprint density at radius 2 is 1.73 bits per heavy atom. The number of H-pyrrole nitrogens is 1. The van der Waals surface area contributed by atoms with Crippen molar-refractivity contribution in [1.82, 2.24) is 35.4 Å². The number of ether oxygens (including phenoxy) is 2. The number of unbranched alkanes of at least 4 members (excludes halogenated alkanes) is 4. The van der Waals surface area contributed by atoms with Crippen LogP contribution in [0.3, 0.4) is 0 Å². The van der Waals surface area contributed by atoms with Gasteiger partial charge < -0.3 is 35.1 Å². The Hall–Kier alpha value is -5.29. The number of aromatic amines is 1. The number of carbonyl (C=O) groups is 3. The van der Waals surface area contributed by atoms with Gasteiger partial charge in [-0.05, 0) is 73.4 Å². The minimum atomic E-state index is -2.47. The molecular weight excluding hydrogens is 865 g/mol. The van der Waals surface area contributed by atoms with Crippen molar-refractivity contribution in [2.24, 2.45) is 5.41 Å². The molecule has 2 aliphatic heterocycles. The van der Waals surface area contributed by atoms with E-state index in [0.717, 1.165) is 76.0 Å². The second kappa shape index (κ2) is 22.0. The smallest absolute Gasteiger partial charge is 0.251 e. The molecule has 5 aromatic rings. The number of carbonyl (C=O) groups excluding carboxylic acids is 3. The molecule has 2 aromatic carbocycles. The Morgan fingerprint density at radius 3 is 2.42 bits per heavy atom. The molecule has 4 N–H and O–H groups in total. The van der Waals surface area contributed by atoms with Crippen molar-refractivity contribution in [3.8, 4) is 16.2 Å². The Balaban J connectivity index is 0.799. The largest absolute Gasteiger partial charge is 0.492 e. The van der Waals surface area contributed by atoms with Gasteiger partial charge in [-0.2, -0.15) is 0 Å². The molecule has 0 saturated carbocycles. The van der Waals surface area contributed by atoms with Gasteiger partial charge in [0.15, 0.2) is 0 Å². The van der Waals surface area contributed by atoms with Crippen molar-refractivity contribution >= 4 is 40.0 Å². The summed E-state index contributed by atoms with van der Waals surface area (Å²) < 4.78 is 39.2. The molecule has 2 aliphatic rings. The first-order chi connectivity index (χ1) is 31.7. The van der Waals surface area contributed by atoms with Crippen LogP contribution in [0, 0.1) is 12.3 Å². The number of amides is 3. The second-order valence-electron chi connectivity index (χ2n) is 18.6. The third-order valence-electron chi connectivity index (χ3n) is 12.6. The van der Waals surface area contributed by atoms with Crippen molar-refractivity contribution in [2.45, 2.75) is 123 Å². The highest BCUT2D eigenvalue weighted by molar-refractivity contribution is 7.13. The summed E-state index contributed by atoms with van der Waals surface area (Å²) in [6, 6.07) is 17.3. The standard InChI is InChI=1S/C50H63F2N7O6S/c1-31-23-38-37-13-9-10-14-39(37)56-44(38)45(58(31)28-42(51)52)40-20-19-36(26-53-40)65-22-12-8-6-7-11-21-64-29-43(61)57-47(50(3,4)5)49(63)59-27-35(60)24-41(59)48(62)54-25-33-15-17-34(18-16-33)46-32(2)55-30-66-46/h9-10,13-20,26,30-31,35,41-42,45,47,56,60H,6-8,11-12,21-25,27-29H2,1-5H3,(H,54,62)(H,57,61)/t31-,35-,41+,45-,47?/m1/s1. The molecule has 0 spiro atoms. The third-order valence-corrected chi connectivity index (χ3v) is 13.5. The molecule has 1 saturated heterocycles. The summed E-state index contributed by atoms with van der Waals surface area (Å²) in [5.74, 6) is -0.589. The average Bonchev–Trinajstić information content (AvgIpc) is 4.01. The molecule has 16 heteroatoms. The number of pyridine rings is 1. The minimum Gasteiger partial charge on any atom is -0.492 e. The zero-order valence-electron chi connectivity index (χ0n) is 38.5. The number of aromatic nitrogens is 3. The molecule has 3 aromatic heterocycles. The maximum atomic E-state index is 14.0. The van der Waals surface area contributed by atoms with Gasteiger partial charge in [-0.3, -0.25) is 24.3 Å². The Kier molecular flexibility index (Phi) is 16.2. The van der Waals surface area contributed by atoms with Gasteiger partial charge in [-0.1, -0.05) is 82.5 Å². The number of hydrogen-bond donors (Lipinski definition) is 4. The van der Waals surface area contributed by atoms with Gasteiger partial charge in [-0.25, -0.2) is 13.8 Å². The van der Waals surface area contributed by atoms with E-state index in [-0.39, 0.29) is 44.6 Å². The number of nitrogens with zero attached hydrogens (tertiary/aromatic N) is 4. The zero-order chi connectivity index (χ0) is 47.0. The highest BCUT2D eigenvalue weighted by Gasteiger charge is 2.44. The van der Waals surface area contributed by atoms with Crippen LogP contribution in [0.4, 0.5) is 8.78 Å². The number of hydrogen-bond acceptors (Lipinski definition) is 10. The van der Waals surface area contributed by atoms with Gasteiger partial charge in [-0.15, -0.1) is 11.3 Å². The topological polar surface area (TPSA) is 162 Å². The van der Waals surface area contributed by atoms with Crippen LogP contribution in [0.1, 0.15) is 100 Å². The summed E-state index contributed by atoms with van der Waals surface area (Å²) >= 11 is 1.57. The van der Waals surface area contributed by atoms with Gasteiger partial charge in [0.2, 0.25) is 17.7 Å². The third kappa shape index (κ3) is 12.0. The number of aliphatic hydroxyl groups is 1. The quantitative estimate of drug-likeness (QED) is 0.0572. The molecule has 354 valence electrons. The van der Waals surface area contributed by atoms with Crippen LogP contribution >= 0.6 is 11.3 Å². The summed E-state index contributed by atoms with van der Waals surface area (Å²) in [5, 5.41) is 17.5. The van der Waals surface area contributed by atoms with E-state index in [2.05, 4.69) is 26.7 Å². The van der Waals surface area contributed by atoms with Gasteiger partial charge in [0.25, 0.3) is 6.43 Å². The zero-order valence-corrected chi connectivity index (χ0v) is 39.3. The summed E-state index contributed by atoms with van der Waals surface area (Å²) in [6.07, 6.45) is 3.54. The highest BCUT2D eigenvalue weighted by atomic mass is 32.1. The van der Waals surface area contributed by atoms with E-state index in [1.165, 1.54) is 4.90 Å². The summed E-state index contributed by atoms with van der Waals surface area (Å²) in [4.78, 5) is 57.3. The van der Waals surface area contributed by atoms with Crippen LogP contribution in [0.15, 0.2) is 72.4 Å². The van der Waals surface area contributed by atoms with Crippen LogP contribution < -0.4 is 15.4 Å². The van der Waals surface area contributed by atoms with E-state index in [0.29, 0.717) is 31.1 Å². The van der Waals surface area contributed by atoms with Gasteiger partial charge >= 0.3 is 0 Å². The summed E-state index contributed by atoms with van der Waals surface area (Å²) in [7, 11) is 0. The van der Waals surface area contributed by atoms with E-state index in [9.17, 15) is 28.3 Å². The predicted molar refractivity (Wildman–Crippen MR) is 251 cm³/mol. The second-order valence-corrected chi connectivity index (χ2v) is 19.5. The fourth-order valence-corrected chi connectivity index (χ4v) is 9.89. The van der Waals surface area contributed by atoms with E-state index in [1.807, 2.05) is 99.6 Å². The minimum absolute atomic E-state index is 0.00491. The molecule has 5 atom stereocenters. The number of β-amino-alcohol motifs (C(OH)–C–C–N with tert-alkyl or cyclic N) is 1. The number of fused-ring (bicyclic) bond motifs is 3. The number of aryl methyl sites for hydroxylation is 1. The van der Waals surface area contributed by atoms with Crippen molar-refractivity contribution < 1.29 is 37.7 Å². The van der Waals surface area contributed by atoms with Gasteiger partial charge in [0.05, 0.1) is 53.3 Å². The van der Waals surface area contributed by atoms with Crippen molar-refractivity contribution in [2.75, 3.05) is 32.9 Å². The van der Waals surface area contributed by atoms with Crippen LogP contribution in [0.2, 0.25) is 0 Å². The van der Waals surface area contributed by atoms with E-state index in [1.54, 1.807) is 17.5 Å². The number of likely N-dealkylation sites (tertiary alicyclic amines) is 1. The number of alkyl halides is 2. The number of halogens is 2. The molecule has 5 heterocycles. The Morgan fingerprint density at radius 1 is 0.985 bits per heavy atom. The Labute approximate surface area is 389 Å². The molecule has 0 radical (unpaired) electrons. The van der Waals surface area contributed by atoms with Crippen LogP contribution in [0.25, 0.3) is 21.3 Å². The van der Waals surface area contributed by atoms with Gasteiger partial charge in [0.1, 0.15) is 24.4 Å². The number of para-hydroxylation sites is 1. The molecule has 0 bridgehead atoms. The monoisotopic (exact) mass is 927 g/mol. The first-order valence-electron chi connectivity index (χ1n) is 23.0. The molecule has 1 fully saturated rings. The van der Waals surface area contributed by atoms with Crippen molar-refractivity contribution in [3.63, 3.8) is 0 Å². The molecule has 3 amide bonds. The Bertz CT molecular complexity index is 2400. The first kappa shape index (κ1) is 48.6. The lowest BCUT2D eigenvalue weighted by Gasteiger charge is -2.40. The normalized spacial score (nSPS) is 19.3. The number of rotatable bonds is 20. The fraction of sp³-hybridized carbons (Fsp3) is 0.500. The lowest BCUT2D eigenvalue weighted by atomic mass is 9.85. The summed E-state index contributed by atoms with van der Waals surface area (Å²) in [6.45, 7) is 10.1. The van der Waals surface area contributed by atoms with Crippen LogP contribution in [-0.4, -0.2) is 111 Å².